The summed E-state index contributed by atoms with van der Waals surface area (Å²) in [7, 11) is 2.22. The highest BCUT2D eigenvalue weighted by Gasteiger charge is 2.34. The third-order valence-corrected chi connectivity index (χ3v) is 5.59. The van der Waals surface area contributed by atoms with Crippen molar-refractivity contribution in [3.63, 3.8) is 0 Å². The summed E-state index contributed by atoms with van der Waals surface area (Å²) in [5.74, 6) is 1.65. The molecule has 1 atom stereocenters. The van der Waals surface area contributed by atoms with Gasteiger partial charge in [0.1, 0.15) is 0 Å². The molecule has 1 unspecified atom stereocenters. The van der Waals surface area contributed by atoms with E-state index in [-0.39, 0.29) is 0 Å². The van der Waals surface area contributed by atoms with Gasteiger partial charge in [0.05, 0.1) is 5.69 Å². The third kappa shape index (κ3) is 2.95. The number of rotatable bonds is 7. The second kappa shape index (κ2) is 5.41. The topological polar surface area (TPSA) is 28.2 Å². The number of anilines is 1. The van der Waals surface area contributed by atoms with Crippen LogP contribution in [-0.2, 0) is 6.54 Å². The molecule has 1 aromatic heterocycles. The molecule has 0 bridgehead atoms. The Bertz CT molecular complexity index is 435. The van der Waals surface area contributed by atoms with Crippen LogP contribution in [0, 0.1) is 5.92 Å². The van der Waals surface area contributed by atoms with Gasteiger partial charge in [-0.15, -0.1) is 11.3 Å². The van der Waals surface area contributed by atoms with Crippen LogP contribution in [0.2, 0.25) is 0 Å². The van der Waals surface area contributed by atoms with Crippen molar-refractivity contribution in [1.29, 1.82) is 0 Å². The molecular formula is C15H25N3S. The molecule has 3 rings (SSSR count). The van der Waals surface area contributed by atoms with E-state index in [2.05, 4.69) is 31.1 Å². The van der Waals surface area contributed by atoms with Gasteiger partial charge in [0.15, 0.2) is 5.13 Å². The van der Waals surface area contributed by atoms with Crippen molar-refractivity contribution in [1.82, 2.24) is 10.3 Å². The second-order valence-corrected chi connectivity index (χ2v) is 7.11. The molecule has 0 aliphatic heterocycles. The van der Waals surface area contributed by atoms with Crippen LogP contribution in [0.25, 0.3) is 0 Å². The zero-order valence-electron chi connectivity index (χ0n) is 12.3. The van der Waals surface area contributed by atoms with E-state index in [1.807, 2.05) is 11.3 Å². The summed E-state index contributed by atoms with van der Waals surface area (Å²) in [6.45, 7) is 6.54. The Labute approximate surface area is 120 Å². The smallest absolute Gasteiger partial charge is 0.185 e. The van der Waals surface area contributed by atoms with E-state index in [0.29, 0.717) is 6.04 Å². The van der Waals surface area contributed by atoms with Crippen LogP contribution < -0.4 is 10.2 Å². The van der Waals surface area contributed by atoms with Gasteiger partial charge in [-0.2, -0.15) is 0 Å². The average molecular weight is 279 g/mol. The van der Waals surface area contributed by atoms with E-state index in [1.54, 1.807) is 0 Å². The molecule has 2 aliphatic rings. The maximum atomic E-state index is 4.96. The van der Waals surface area contributed by atoms with Crippen molar-refractivity contribution in [2.24, 2.45) is 5.92 Å². The summed E-state index contributed by atoms with van der Waals surface area (Å²) in [4.78, 5) is 8.83. The maximum Gasteiger partial charge on any atom is 0.185 e. The van der Waals surface area contributed by atoms with Gasteiger partial charge in [-0.05, 0) is 45.1 Å². The van der Waals surface area contributed by atoms with Crippen LogP contribution in [0.1, 0.15) is 56.0 Å². The molecule has 4 heteroatoms. The normalized spacial score (nSPS) is 20.6. The molecule has 0 spiro atoms. The summed E-state index contributed by atoms with van der Waals surface area (Å²) < 4.78 is 0. The Hall–Kier alpha value is -0.610. The van der Waals surface area contributed by atoms with Gasteiger partial charge < -0.3 is 10.2 Å². The molecule has 2 fully saturated rings. The lowest BCUT2D eigenvalue weighted by molar-refractivity contribution is 0.607. The van der Waals surface area contributed by atoms with Gasteiger partial charge in [0.2, 0.25) is 0 Å². The summed E-state index contributed by atoms with van der Waals surface area (Å²) >= 11 is 1.90. The highest BCUT2D eigenvalue weighted by atomic mass is 32.1. The van der Waals surface area contributed by atoms with Crippen LogP contribution in [0.4, 0.5) is 5.13 Å². The number of hydrogen-bond donors (Lipinski definition) is 1. The molecule has 2 saturated carbocycles. The van der Waals surface area contributed by atoms with Crippen molar-refractivity contribution in [3.8, 4) is 0 Å². The van der Waals surface area contributed by atoms with E-state index >= 15 is 0 Å². The van der Waals surface area contributed by atoms with Crippen molar-refractivity contribution >= 4 is 16.5 Å². The Morgan fingerprint density at radius 2 is 2.11 bits per heavy atom. The number of hydrogen-bond acceptors (Lipinski definition) is 4. The highest BCUT2D eigenvalue weighted by molar-refractivity contribution is 7.15. The number of aromatic nitrogens is 1. The Balaban J connectivity index is 1.76. The molecule has 2 aliphatic carbocycles. The van der Waals surface area contributed by atoms with Crippen LogP contribution in [0.15, 0.2) is 0 Å². The SMILES string of the molecule is CCNCc1sc(N(C)C(C)C2CC2)nc1C1CC1. The monoisotopic (exact) mass is 279 g/mol. The minimum atomic E-state index is 0.644. The average Bonchev–Trinajstić information content (AvgIpc) is 3.31. The molecule has 0 amide bonds. The zero-order chi connectivity index (χ0) is 13.4. The van der Waals surface area contributed by atoms with Gasteiger partial charge in [0.25, 0.3) is 0 Å². The van der Waals surface area contributed by atoms with Gasteiger partial charge in [-0.25, -0.2) is 4.98 Å². The third-order valence-electron chi connectivity index (χ3n) is 4.43. The fourth-order valence-electron chi connectivity index (χ4n) is 2.61. The molecule has 1 heterocycles. The Kier molecular flexibility index (Phi) is 3.81. The summed E-state index contributed by atoms with van der Waals surface area (Å²) in [5.41, 5.74) is 1.38. The molecular weight excluding hydrogens is 254 g/mol. The number of thiazole rings is 1. The quantitative estimate of drug-likeness (QED) is 0.829. The lowest BCUT2D eigenvalue weighted by Gasteiger charge is -2.23. The van der Waals surface area contributed by atoms with Crippen molar-refractivity contribution in [2.75, 3.05) is 18.5 Å². The molecule has 1 aromatic rings. The van der Waals surface area contributed by atoms with Crippen LogP contribution in [0.3, 0.4) is 0 Å². The van der Waals surface area contributed by atoms with Gasteiger partial charge >= 0.3 is 0 Å². The standard InChI is InChI=1S/C15H25N3S/c1-4-16-9-13-14(12-7-8-12)17-15(19-13)18(3)10(2)11-5-6-11/h10-12,16H,4-9H2,1-3H3. The van der Waals surface area contributed by atoms with E-state index in [1.165, 1.54) is 41.4 Å². The first-order valence-corrected chi connectivity index (χ1v) is 8.45. The lowest BCUT2D eigenvalue weighted by atomic mass is 10.2. The Morgan fingerprint density at radius 1 is 1.37 bits per heavy atom. The molecule has 0 aromatic carbocycles. The molecule has 3 nitrogen and oxygen atoms in total. The molecule has 1 N–H and O–H groups in total. The van der Waals surface area contributed by atoms with Gasteiger partial charge in [-0.1, -0.05) is 6.92 Å². The van der Waals surface area contributed by atoms with Crippen LogP contribution >= 0.6 is 11.3 Å². The largest absolute Gasteiger partial charge is 0.348 e. The second-order valence-electron chi connectivity index (χ2n) is 6.05. The van der Waals surface area contributed by atoms with Gasteiger partial charge in [-0.3, -0.25) is 0 Å². The Morgan fingerprint density at radius 3 is 2.68 bits per heavy atom. The predicted molar refractivity (Wildman–Crippen MR) is 82.1 cm³/mol. The van der Waals surface area contributed by atoms with Crippen LogP contribution in [-0.4, -0.2) is 24.6 Å². The maximum absolute atomic E-state index is 4.96. The van der Waals surface area contributed by atoms with Crippen molar-refractivity contribution < 1.29 is 0 Å². The first kappa shape index (κ1) is 13.4. The minimum absolute atomic E-state index is 0.644. The summed E-state index contributed by atoms with van der Waals surface area (Å²) in [6.07, 6.45) is 5.47. The number of nitrogens with zero attached hydrogens (tertiary/aromatic N) is 2. The summed E-state index contributed by atoms with van der Waals surface area (Å²) in [6, 6.07) is 0.644. The van der Waals surface area contributed by atoms with Crippen LogP contribution in [0.5, 0.6) is 0 Å². The lowest BCUT2D eigenvalue weighted by Crippen LogP contribution is -2.30. The molecule has 106 valence electrons. The van der Waals surface area contributed by atoms with E-state index in [0.717, 1.165) is 24.9 Å². The van der Waals surface area contributed by atoms with Gasteiger partial charge in [0, 0.05) is 30.4 Å². The molecule has 0 saturated heterocycles. The van der Waals surface area contributed by atoms with E-state index < -0.39 is 0 Å². The van der Waals surface area contributed by atoms with Crippen molar-refractivity contribution in [2.45, 2.75) is 58.0 Å². The first-order valence-electron chi connectivity index (χ1n) is 7.63. The van der Waals surface area contributed by atoms with Crippen molar-refractivity contribution in [3.05, 3.63) is 10.6 Å². The zero-order valence-corrected chi connectivity index (χ0v) is 13.1. The van der Waals surface area contributed by atoms with E-state index in [9.17, 15) is 0 Å². The summed E-state index contributed by atoms with van der Waals surface area (Å²) in [5, 5.41) is 4.69. The molecule has 19 heavy (non-hydrogen) atoms. The minimum Gasteiger partial charge on any atom is -0.348 e. The highest BCUT2D eigenvalue weighted by Crippen LogP contribution is 2.45. The predicted octanol–water partition coefficient (Wildman–Crippen LogP) is 3.36. The first-order chi connectivity index (χ1) is 9.20. The fraction of sp³-hybridized carbons (Fsp3) is 0.800. The number of nitrogens with one attached hydrogen (secondary N) is 1. The molecule has 0 radical (unpaired) electrons. The van der Waals surface area contributed by atoms with E-state index in [4.69, 9.17) is 4.98 Å². The fourth-order valence-corrected chi connectivity index (χ4v) is 3.78.